The summed E-state index contributed by atoms with van der Waals surface area (Å²) in [4.78, 5) is 0. The fraction of sp³-hybridized carbons (Fsp3) is 0.889. The van der Waals surface area contributed by atoms with Gasteiger partial charge in [-0.05, 0) is 18.9 Å². The molecule has 10 heavy (non-hydrogen) atoms. The second-order valence-electron chi connectivity index (χ2n) is 3.29. The van der Waals surface area contributed by atoms with Gasteiger partial charge in [0.25, 0.3) is 0 Å². The molecular formula is C9H18N. The Bertz CT molecular complexity index is 74.8. The zero-order valence-electron chi connectivity index (χ0n) is 6.73. The van der Waals surface area contributed by atoms with E-state index in [-0.39, 0.29) is 0 Å². The third kappa shape index (κ3) is 2.70. The Morgan fingerprint density at radius 2 is 1.90 bits per heavy atom. The highest BCUT2D eigenvalue weighted by Crippen LogP contribution is 2.25. The van der Waals surface area contributed by atoms with Gasteiger partial charge in [0.05, 0.1) is 0 Å². The molecule has 0 saturated heterocycles. The summed E-state index contributed by atoms with van der Waals surface area (Å²) in [5.41, 5.74) is 0. The van der Waals surface area contributed by atoms with Crippen molar-refractivity contribution in [3.05, 3.63) is 7.05 Å². The third-order valence-electron chi connectivity index (χ3n) is 2.45. The summed E-state index contributed by atoms with van der Waals surface area (Å²) in [7, 11) is 3.62. The summed E-state index contributed by atoms with van der Waals surface area (Å²) in [6.07, 6.45) is 8.64. The molecule has 0 heterocycles. The largest absolute Gasteiger partial charge is 0.315 e. The van der Waals surface area contributed by atoms with Crippen LogP contribution in [0.25, 0.3) is 0 Å². The van der Waals surface area contributed by atoms with Gasteiger partial charge >= 0.3 is 0 Å². The van der Waals surface area contributed by atoms with E-state index in [1.54, 1.807) is 0 Å². The summed E-state index contributed by atoms with van der Waals surface area (Å²) in [6, 6.07) is 0. The summed E-state index contributed by atoms with van der Waals surface area (Å²) in [5.74, 6) is 1.00. The minimum absolute atomic E-state index is 1.00. The quantitative estimate of drug-likeness (QED) is 0.634. The van der Waals surface area contributed by atoms with E-state index in [4.69, 9.17) is 0 Å². The summed E-state index contributed by atoms with van der Waals surface area (Å²) in [6.45, 7) is 1.10. The van der Waals surface area contributed by atoms with Crippen LogP contribution >= 0.6 is 0 Å². The van der Waals surface area contributed by atoms with Crippen LogP contribution in [0.1, 0.15) is 38.5 Å². The predicted molar refractivity (Wildman–Crippen MR) is 44.6 cm³/mol. The lowest BCUT2D eigenvalue weighted by Crippen LogP contribution is -2.13. The van der Waals surface area contributed by atoms with E-state index in [2.05, 4.69) is 12.4 Å². The van der Waals surface area contributed by atoms with Gasteiger partial charge in [-0.1, -0.05) is 32.1 Å². The first-order valence-corrected chi connectivity index (χ1v) is 4.43. The van der Waals surface area contributed by atoms with E-state index < -0.39 is 0 Å². The Balaban J connectivity index is 2.02. The molecule has 0 bridgehead atoms. The van der Waals surface area contributed by atoms with Crippen LogP contribution in [-0.4, -0.2) is 6.54 Å². The van der Waals surface area contributed by atoms with Gasteiger partial charge in [-0.15, -0.1) is 0 Å². The number of hydrogen-bond donors (Lipinski definition) is 1. The van der Waals surface area contributed by atoms with Crippen LogP contribution in [-0.2, 0) is 0 Å². The Morgan fingerprint density at radius 3 is 2.50 bits per heavy atom. The van der Waals surface area contributed by atoms with Crippen molar-refractivity contribution in [2.45, 2.75) is 38.5 Å². The summed E-state index contributed by atoms with van der Waals surface area (Å²) < 4.78 is 0. The smallest absolute Gasteiger partial charge is 0.00767 e. The maximum absolute atomic E-state index is 3.62. The minimum Gasteiger partial charge on any atom is -0.315 e. The van der Waals surface area contributed by atoms with Crippen LogP contribution in [0.15, 0.2) is 0 Å². The molecule has 1 rings (SSSR count). The van der Waals surface area contributed by atoms with Gasteiger partial charge in [0.15, 0.2) is 0 Å². The van der Waals surface area contributed by atoms with Crippen molar-refractivity contribution in [2.75, 3.05) is 6.54 Å². The maximum Gasteiger partial charge on any atom is 0.00767 e. The molecule has 0 unspecified atom stereocenters. The normalized spacial score (nSPS) is 21.3. The highest BCUT2D eigenvalue weighted by atomic mass is 14.8. The average molecular weight is 140 g/mol. The van der Waals surface area contributed by atoms with E-state index in [0.717, 1.165) is 12.5 Å². The lowest BCUT2D eigenvalue weighted by molar-refractivity contribution is 0.338. The van der Waals surface area contributed by atoms with Gasteiger partial charge in [0.1, 0.15) is 0 Å². The summed E-state index contributed by atoms with van der Waals surface area (Å²) in [5, 5.41) is 2.96. The number of nitrogens with one attached hydrogen (secondary N) is 1. The first-order valence-electron chi connectivity index (χ1n) is 4.43. The fourth-order valence-electron chi connectivity index (χ4n) is 1.78. The number of rotatable bonds is 3. The van der Waals surface area contributed by atoms with Gasteiger partial charge < -0.3 is 5.32 Å². The molecule has 59 valence electrons. The van der Waals surface area contributed by atoms with Gasteiger partial charge in [0, 0.05) is 7.05 Å². The topological polar surface area (TPSA) is 12.0 Å². The molecule has 1 aliphatic carbocycles. The Hall–Kier alpha value is -0.0400. The monoisotopic (exact) mass is 140 g/mol. The van der Waals surface area contributed by atoms with Gasteiger partial charge in [-0.3, -0.25) is 0 Å². The molecule has 0 aromatic rings. The molecule has 1 nitrogen and oxygen atoms in total. The van der Waals surface area contributed by atoms with Crippen molar-refractivity contribution >= 4 is 0 Å². The molecule has 1 aliphatic rings. The second-order valence-corrected chi connectivity index (χ2v) is 3.29. The van der Waals surface area contributed by atoms with Gasteiger partial charge in [-0.25, -0.2) is 0 Å². The molecule has 0 spiro atoms. The zero-order chi connectivity index (χ0) is 7.23. The molecule has 1 saturated carbocycles. The van der Waals surface area contributed by atoms with Crippen molar-refractivity contribution in [1.82, 2.24) is 5.32 Å². The van der Waals surface area contributed by atoms with E-state index >= 15 is 0 Å². The third-order valence-corrected chi connectivity index (χ3v) is 2.45. The van der Waals surface area contributed by atoms with Crippen LogP contribution in [0, 0.1) is 13.0 Å². The zero-order valence-corrected chi connectivity index (χ0v) is 6.73. The average Bonchev–Trinajstić information content (AvgIpc) is 2.03. The van der Waals surface area contributed by atoms with Crippen molar-refractivity contribution < 1.29 is 0 Å². The standard InChI is InChI=1S/C9H18N/c1-10-8-7-9-5-3-2-4-6-9/h9-10H,1-8H2. The van der Waals surface area contributed by atoms with Crippen LogP contribution in [0.2, 0.25) is 0 Å². The van der Waals surface area contributed by atoms with E-state index in [1.165, 1.54) is 38.5 Å². The van der Waals surface area contributed by atoms with Crippen molar-refractivity contribution in [1.29, 1.82) is 0 Å². The van der Waals surface area contributed by atoms with E-state index in [1.807, 2.05) is 0 Å². The Labute approximate surface area is 64.2 Å². The first-order chi connectivity index (χ1) is 4.93. The van der Waals surface area contributed by atoms with Crippen molar-refractivity contribution in [3.8, 4) is 0 Å². The fourth-order valence-corrected chi connectivity index (χ4v) is 1.78. The molecule has 0 aliphatic heterocycles. The van der Waals surface area contributed by atoms with Gasteiger partial charge in [0.2, 0.25) is 0 Å². The van der Waals surface area contributed by atoms with Crippen LogP contribution in [0.4, 0.5) is 0 Å². The molecule has 1 heteroatoms. The molecular weight excluding hydrogens is 122 g/mol. The van der Waals surface area contributed by atoms with Crippen LogP contribution in [0.5, 0.6) is 0 Å². The maximum atomic E-state index is 3.62. The molecule has 0 amide bonds. The SMILES string of the molecule is [CH2]NCCC1CCCCC1. The predicted octanol–water partition coefficient (Wildman–Crippen LogP) is 2.34. The molecule has 0 atom stereocenters. The molecule has 0 aromatic carbocycles. The highest BCUT2D eigenvalue weighted by molar-refractivity contribution is 4.66. The van der Waals surface area contributed by atoms with Crippen LogP contribution < -0.4 is 5.32 Å². The highest BCUT2D eigenvalue weighted by Gasteiger charge is 2.11. The second kappa shape index (κ2) is 4.73. The summed E-state index contributed by atoms with van der Waals surface area (Å²) >= 11 is 0. The number of hydrogen-bond acceptors (Lipinski definition) is 1. The molecule has 1 N–H and O–H groups in total. The van der Waals surface area contributed by atoms with E-state index in [9.17, 15) is 0 Å². The van der Waals surface area contributed by atoms with E-state index in [0.29, 0.717) is 0 Å². The van der Waals surface area contributed by atoms with Crippen LogP contribution in [0.3, 0.4) is 0 Å². The Morgan fingerprint density at radius 1 is 1.20 bits per heavy atom. The Kier molecular flexibility index (Phi) is 3.81. The van der Waals surface area contributed by atoms with Crippen molar-refractivity contribution in [2.24, 2.45) is 5.92 Å². The lowest BCUT2D eigenvalue weighted by atomic mass is 9.87. The lowest BCUT2D eigenvalue weighted by Gasteiger charge is -2.20. The first kappa shape index (κ1) is 8.06. The molecule has 1 radical (unpaired) electrons. The van der Waals surface area contributed by atoms with Crippen molar-refractivity contribution in [3.63, 3.8) is 0 Å². The molecule has 0 aromatic heterocycles. The molecule has 1 fully saturated rings. The minimum atomic E-state index is 1.00. The van der Waals surface area contributed by atoms with Gasteiger partial charge in [-0.2, -0.15) is 0 Å².